The van der Waals surface area contributed by atoms with Crippen molar-refractivity contribution in [1.82, 2.24) is 0 Å². The van der Waals surface area contributed by atoms with Crippen molar-refractivity contribution >= 4 is 31.3 Å². The minimum absolute atomic E-state index is 0.482. The quantitative estimate of drug-likeness (QED) is 0.470. The van der Waals surface area contributed by atoms with E-state index in [0.717, 1.165) is 0 Å². The second-order valence-corrected chi connectivity index (χ2v) is 3.85. The van der Waals surface area contributed by atoms with Gasteiger partial charge in [-0.15, -0.1) is 0 Å². The van der Waals surface area contributed by atoms with Crippen LogP contribution in [0, 0.1) is 0 Å². The lowest BCUT2D eigenvalue weighted by atomic mass is 10.2. The molecule has 0 aromatic rings. The lowest BCUT2D eigenvalue weighted by Crippen LogP contribution is -1.81. The molecule has 0 heterocycles. The van der Waals surface area contributed by atoms with Crippen LogP contribution in [0.15, 0.2) is 0 Å². The molecule has 0 fully saturated rings. The molecule has 0 amide bonds. The maximum absolute atomic E-state index is 9.98. The summed E-state index contributed by atoms with van der Waals surface area (Å²) in [5.41, 5.74) is 0. The van der Waals surface area contributed by atoms with Crippen LogP contribution in [-0.2, 0) is 20.6 Å². The Kier molecular flexibility index (Phi) is 6.69. The predicted octanol–water partition coefficient (Wildman–Crippen LogP) is -0.0906. The first kappa shape index (κ1) is 11.4. The molecule has 0 saturated heterocycles. The van der Waals surface area contributed by atoms with Crippen LogP contribution in [0.2, 0.25) is 0 Å². The third kappa shape index (κ3) is 9.38. The third-order valence-electron chi connectivity index (χ3n) is 1.17. The number of rotatable bonds is 5. The molecule has 70 valence electrons. The molecule has 12 heavy (non-hydrogen) atoms. The van der Waals surface area contributed by atoms with Crippen molar-refractivity contribution in [2.45, 2.75) is 25.7 Å². The van der Waals surface area contributed by atoms with Crippen LogP contribution in [0.5, 0.6) is 0 Å². The van der Waals surface area contributed by atoms with E-state index < -0.39 is 20.6 Å². The van der Waals surface area contributed by atoms with E-state index in [2.05, 4.69) is 0 Å². The first-order chi connectivity index (χ1) is 5.63. The molecule has 0 aromatic heterocycles. The van der Waals surface area contributed by atoms with Gasteiger partial charge in [0.25, 0.3) is 0 Å². The third-order valence-corrected chi connectivity index (χ3v) is 2.18. The van der Waals surface area contributed by atoms with Crippen molar-refractivity contribution in [1.29, 1.82) is 0 Å². The van der Waals surface area contributed by atoms with Crippen molar-refractivity contribution < 1.29 is 16.8 Å². The number of unbranched alkanes of at least 4 members (excludes halogenated alkanes) is 3. The molecule has 0 aromatic carbocycles. The molecule has 0 saturated carbocycles. The first-order valence-corrected chi connectivity index (χ1v) is 5.73. The maximum atomic E-state index is 9.98. The number of hydrogen-bond acceptors (Lipinski definition) is 4. The largest absolute Gasteiger partial charge is 0.209 e. The molecule has 6 heteroatoms. The first-order valence-electron chi connectivity index (χ1n) is 3.45. The van der Waals surface area contributed by atoms with Crippen molar-refractivity contribution in [2.75, 3.05) is 0 Å². The molecule has 0 aliphatic rings. The van der Waals surface area contributed by atoms with E-state index in [-0.39, 0.29) is 0 Å². The Morgan fingerprint density at radius 3 is 1.33 bits per heavy atom. The van der Waals surface area contributed by atoms with E-state index in [1.54, 1.807) is 0 Å². The van der Waals surface area contributed by atoms with Crippen molar-refractivity contribution in [3.8, 4) is 0 Å². The maximum Gasteiger partial charge on any atom is 0.209 e. The highest BCUT2D eigenvalue weighted by atomic mass is 32.2. The second kappa shape index (κ2) is 7.05. The van der Waals surface area contributed by atoms with Crippen LogP contribution in [0.3, 0.4) is 0 Å². The Labute approximate surface area is 74.3 Å². The Balaban J connectivity index is 3.47. The Morgan fingerprint density at radius 1 is 0.750 bits per heavy atom. The molecular weight excluding hydrogens is 200 g/mol. The summed E-state index contributed by atoms with van der Waals surface area (Å²) in [7, 11) is -4.17. The van der Waals surface area contributed by atoms with Gasteiger partial charge in [-0.1, -0.05) is 0 Å². The van der Waals surface area contributed by atoms with Gasteiger partial charge in [0.1, 0.15) is 0 Å². The van der Waals surface area contributed by atoms with E-state index in [1.165, 1.54) is 10.7 Å². The van der Waals surface area contributed by atoms with Gasteiger partial charge in [-0.05, 0) is 25.7 Å². The Morgan fingerprint density at radius 2 is 1.08 bits per heavy atom. The SMILES string of the molecule is O=S(=O)=CCCCCC=S(=O)=O. The molecule has 0 aliphatic heterocycles. The van der Waals surface area contributed by atoms with E-state index in [0.29, 0.717) is 25.7 Å². The lowest BCUT2D eigenvalue weighted by Gasteiger charge is -1.87. The van der Waals surface area contributed by atoms with Crippen molar-refractivity contribution in [3.63, 3.8) is 0 Å². The summed E-state index contributed by atoms with van der Waals surface area (Å²) in [5, 5.41) is 2.35. The Hall–Kier alpha value is -0.620. The smallest absolute Gasteiger partial charge is 0.185 e. The highest BCUT2D eigenvalue weighted by molar-refractivity contribution is 7.71. The van der Waals surface area contributed by atoms with Crippen LogP contribution < -0.4 is 0 Å². The Bertz CT molecular complexity index is 306. The lowest BCUT2D eigenvalue weighted by molar-refractivity contribution is 0.625. The summed E-state index contributed by atoms with van der Waals surface area (Å²) >= 11 is 0. The predicted molar refractivity (Wildman–Crippen MR) is 48.4 cm³/mol. The standard InChI is InChI=1S/C6H10O4S2/c7-11(8)5-3-1-2-4-6-12(9)10/h5-6H,1-4H2. The molecule has 0 N–H and O–H groups in total. The zero-order valence-electron chi connectivity index (χ0n) is 6.43. The zero-order valence-corrected chi connectivity index (χ0v) is 8.07. The van der Waals surface area contributed by atoms with Crippen molar-refractivity contribution in [2.24, 2.45) is 0 Å². The molecule has 0 rings (SSSR count). The summed E-state index contributed by atoms with van der Waals surface area (Å²) in [6, 6.07) is 0. The molecular formula is C6H10O4S2. The average Bonchev–Trinajstić information content (AvgIpc) is 1.95. The highest BCUT2D eigenvalue weighted by Crippen LogP contribution is 1.94. The molecule has 0 bridgehead atoms. The summed E-state index contributed by atoms with van der Waals surface area (Å²) in [4.78, 5) is 0. The summed E-state index contributed by atoms with van der Waals surface area (Å²) < 4.78 is 39.9. The van der Waals surface area contributed by atoms with Crippen molar-refractivity contribution in [3.05, 3.63) is 0 Å². The highest BCUT2D eigenvalue weighted by Gasteiger charge is 1.85. The van der Waals surface area contributed by atoms with E-state index >= 15 is 0 Å². The molecule has 4 nitrogen and oxygen atoms in total. The van der Waals surface area contributed by atoms with Crippen LogP contribution in [0.4, 0.5) is 0 Å². The number of hydrogen-bond donors (Lipinski definition) is 0. The monoisotopic (exact) mass is 210 g/mol. The second-order valence-electron chi connectivity index (χ2n) is 2.14. The van der Waals surface area contributed by atoms with Gasteiger partial charge in [-0.25, -0.2) is 0 Å². The minimum atomic E-state index is -2.09. The summed E-state index contributed by atoms with van der Waals surface area (Å²) in [6.07, 6.45) is 2.36. The van der Waals surface area contributed by atoms with E-state index in [4.69, 9.17) is 0 Å². The van der Waals surface area contributed by atoms with E-state index in [1.807, 2.05) is 0 Å². The van der Waals surface area contributed by atoms with Gasteiger partial charge in [0, 0.05) is 10.7 Å². The normalized spacial score (nSPS) is 9.00. The average molecular weight is 210 g/mol. The molecule has 0 spiro atoms. The summed E-state index contributed by atoms with van der Waals surface area (Å²) in [6.45, 7) is 0. The van der Waals surface area contributed by atoms with Gasteiger partial charge < -0.3 is 0 Å². The molecule has 0 unspecified atom stereocenters. The van der Waals surface area contributed by atoms with Gasteiger partial charge in [0.2, 0.25) is 20.6 Å². The fourth-order valence-corrected chi connectivity index (χ4v) is 1.37. The van der Waals surface area contributed by atoms with Gasteiger partial charge >= 0.3 is 0 Å². The molecule has 0 aliphatic carbocycles. The topological polar surface area (TPSA) is 68.3 Å². The van der Waals surface area contributed by atoms with Gasteiger partial charge in [0.05, 0.1) is 0 Å². The van der Waals surface area contributed by atoms with Crippen LogP contribution in [-0.4, -0.2) is 27.6 Å². The summed E-state index contributed by atoms with van der Waals surface area (Å²) in [5.74, 6) is 0. The van der Waals surface area contributed by atoms with Gasteiger partial charge in [-0.3, -0.25) is 0 Å². The zero-order chi connectivity index (χ0) is 9.40. The van der Waals surface area contributed by atoms with Crippen LogP contribution in [0.25, 0.3) is 0 Å². The van der Waals surface area contributed by atoms with E-state index in [9.17, 15) is 16.8 Å². The minimum Gasteiger partial charge on any atom is -0.185 e. The molecule has 0 atom stereocenters. The van der Waals surface area contributed by atoms with Gasteiger partial charge in [0.15, 0.2) is 0 Å². The fourth-order valence-electron chi connectivity index (χ4n) is 0.648. The van der Waals surface area contributed by atoms with Crippen LogP contribution in [0.1, 0.15) is 25.7 Å². The van der Waals surface area contributed by atoms with Gasteiger partial charge in [-0.2, -0.15) is 16.8 Å². The van der Waals surface area contributed by atoms with Crippen LogP contribution >= 0.6 is 0 Å². The fraction of sp³-hybridized carbons (Fsp3) is 0.667. The molecule has 0 radical (unpaired) electrons.